The summed E-state index contributed by atoms with van der Waals surface area (Å²) in [5.41, 5.74) is -0.372. The number of nitrogens with zero attached hydrogens (tertiary/aromatic N) is 1. The number of aromatic nitrogens is 1. The molecule has 0 bridgehead atoms. The van der Waals surface area contributed by atoms with E-state index in [1.54, 1.807) is 6.92 Å². The molecule has 2 aromatic carbocycles. The number of alkyl halides is 3. The van der Waals surface area contributed by atoms with Gasteiger partial charge >= 0.3 is 12.3 Å². The minimum atomic E-state index is -4.53. The van der Waals surface area contributed by atoms with Gasteiger partial charge in [0, 0.05) is 23.1 Å². The van der Waals surface area contributed by atoms with Gasteiger partial charge in [0.25, 0.3) is 5.88 Å². The van der Waals surface area contributed by atoms with E-state index in [4.69, 9.17) is 9.47 Å². The quantitative estimate of drug-likeness (QED) is 0.594. The van der Waals surface area contributed by atoms with Crippen LogP contribution in [-0.4, -0.2) is 23.3 Å². The number of fused-ring (bicyclic) bond motifs is 1. The fraction of sp³-hybridized carbons (Fsp3) is 0.200. The third-order valence-electron chi connectivity index (χ3n) is 4.37. The molecule has 0 radical (unpaired) electrons. The highest BCUT2D eigenvalue weighted by Gasteiger charge is 2.31. The third-order valence-corrected chi connectivity index (χ3v) is 4.37. The molecule has 1 amide bonds. The van der Waals surface area contributed by atoms with Gasteiger partial charge in [-0.15, -0.1) is 0 Å². The highest BCUT2D eigenvalue weighted by molar-refractivity contribution is 5.87. The second-order valence-electron chi connectivity index (χ2n) is 6.30. The predicted molar refractivity (Wildman–Crippen MR) is 99.0 cm³/mol. The smallest absolute Gasteiger partial charge is 0.416 e. The molecule has 1 aromatic heterocycles. The molecule has 0 fully saturated rings. The number of nitrogens with one attached hydrogen (secondary N) is 1. The van der Waals surface area contributed by atoms with E-state index in [-0.39, 0.29) is 29.3 Å². The molecule has 1 heterocycles. The number of halogens is 4. The molecule has 0 saturated carbocycles. The fourth-order valence-corrected chi connectivity index (χ4v) is 2.82. The van der Waals surface area contributed by atoms with E-state index in [1.165, 1.54) is 25.3 Å². The summed E-state index contributed by atoms with van der Waals surface area (Å²) in [4.78, 5) is 16.2. The molecule has 0 saturated heterocycles. The molecule has 10 heteroatoms. The third kappa shape index (κ3) is 4.22. The van der Waals surface area contributed by atoms with Crippen LogP contribution in [0, 0.1) is 12.7 Å². The van der Waals surface area contributed by atoms with Crippen LogP contribution in [0.5, 0.6) is 17.4 Å². The van der Waals surface area contributed by atoms with Gasteiger partial charge in [0.1, 0.15) is 0 Å². The molecule has 6 nitrogen and oxygen atoms in total. The summed E-state index contributed by atoms with van der Waals surface area (Å²) in [6, 6.07) is 6.86. The predicted octanol–water partition coefficient (Wildman–Crippen LogP) is 4.70. The number of carbonyl (C=O) groups is 1. The van der Waals surface area contributed by atoms with Crippen LogP contribution in [-0.2, 0) is 12.7 Å². The van der Waals surface area contributed by atoms with Crippen molar-refractivity contribution in [3.05, 3.63) is 58.9 Å². The maximum Gasteiger partial charge on any atom is 0.416 e. The van der Waals surface area contributed by atoms with E-state index in [0.717, 1.165) is 18.2 Å². The first-order valence-electron chi connectivity index (χ1n) is 8.59. The van der Waals surface area contributed by atoms with E-state index < -0.39 is 29.4 Å². The lowest BCUT2D eigenvalue weighted by Gasteiger charge is -2.15. The topological polar surface area (TPSA) is 80.7 Å². The number of phenols is 1. The second kappa shape index (κ2) is 8.05. The number of methoxy groups -OCH3 is 1. The molecule has 0 aliphatic heterocycles. The lowest BCUT2D eigenvalue weighted by Crippen LogP contribution is -2.27. The number of para-hydroxylation sites is 1. The van der Waals surface area contributed by atoms with E-state index in [2.05, 4.69) is 10.3 Å². The number of pyridine rings is 1. The van der Waals surface area contributed by atoms with Gasteiger partial charge in [0.2, 0.25) is 0 Å². The molecular weight excluding hydrogens is 408 g/mol. The largest absolute Gasteiger partial charge is 0.505 e. The summed E-state index contributed by atoms with van der Waals surface area (Å²) in [5.74, 6) is -1.69. The van der Waals surface area contributed by atoms with Crippen LogP contribution >= 0.6 is 0 Å². The monoisotopic (exact) mass is 424 g/mol. The zero-order valence-corrected chi connectivity index (χ0v) is 15.8. The zero-order valence-electron chi connectivity index (χ0n) is 15.8. The highest BCUT2D eigenvalue weighted by Crippen LogP contribution is 2.37. The molecule has 158 valence electrons. The number of phenolic OH excluding ortho intramolecular Hbond substituents is 1. The molecule has 2 N–H and O–H groups in total. The average molecular weight is 424 g/mol. The normalized spacial score (nSPS) is 11.4. The molecule has 0 spiro atoms. The summed E-state index contributed by atoms with van der Waals surface area (Å²) in [6.45, 7) is 1.32. The van der Waals surface area contributed by atoms with Crippen molar-refractivity contribution in [3.63, 3.8) is 0 Å². The van der Waals surface area contributed by atoms with Gasteiger partial charge in [-0.3, -0.25) is 0 Å². The number of aromatic hydroxyl groups is 1. The number of amides is 1. The van der Waals surface area contributed by atoms with E-state index in [9.17, 15) is 27.5 Å². The van der Waals surface area contributed by atoms with Crippen molar-refractivity contribution in [1.29, 1.82) is 0 Å². The van der Waals surface area contributed by atoms with Crippen molar-refractivity contribution in [3.8, 4) is 17.4 Å². The van der Waals surface area contributed by atoms with Crippen LogP contribution in [0.25, 0.3) is 10.9 Å². The Kier molecular flexibility index (Phi) is 5.68. The Morgan fingerprint density at radius 2 is 1.97 bits per heavy atom. The van der Waals surface area contributed by atoms with Crippen LogP contribution in [0.1, 0.15) is 16.7 Å². The summed E-state index contributed by atoms with van der Waals surface area (Å²) in [5, 5.41) is 12.3. The lowest BCUT2D eigenvalue weighted by atomic mass is 10.1. The van der Waals surface area contributed by atoms with Crippen molar-refractivity contribution in [2.24, 2.45) is 0 Å². The minimum Gasteiger partial charge on any atom is -0.505 e. The van der Waals surface area contributed by atoms with Crippen molar-refractivity contribution in [2.75, 3.05) is 7.11 Å². The average Bonchev–Trinajstić information content (AvgIpc) is 2.70. The van der Waals surface area contributed by atoms with Crippen LogP contribution < -0.4 is 14.8 Å². The number of benzene rings is 2. The SMILES string of the molecule is COc1nc2cc(C(F)(F)F)ccc2c(C)c1OC(=O)NCc1cccc(F)c1O. The van der Waals surface area contributed by atoms with Crippen molar-refractivity contribution in [2.45, 2.75) is 19.6 Å². The number of rotatable bonds is 4. The Balaban J connectivity index is 1.86. The van der Waals surface area contributed by atoms with E-state index >= 15 is 0 Å². The number of carbonyl (C=O) groups excluding carboxylic acids is 1. The number of hydrogen-bond acceptors (Lipinski definition) is 5. The molecule has 30 heavy (non-hydrogen) atoms. The van der Waals surface area contributed by atoms with Gasteiger partial charge in [-0.25, -0.2) is 14.2 Å². The standard InChI is InChI=1S/C20H16F4N2O4/c1-10-13-7-6-12(20(22,23)24)8-15(13)26-18(29-2)17(10)30-19(28)25-9-11-4-3-5-14(21)16(11)27/h3-8,27H,9H2,1-2H3,(H,25,28). The minimum absolute atomic E-state index is 0.0246. The number of hydrogen-bond donors (Lipinski definition) is 2. The molecule has 3 rings (SSSR count). The first kappa shape index (κ1) is 21.2. The first-order chi connectivity index (χ1) is 14.1. The molecule has 0 unspecified atom stereocenters. The summed E-state index contributed by atoms with van der Waals surface area (Å²) < 4.78 is 62.5. The maximum absolute atomic E-state index is 13.4. The zero-order chi connectivity index (χ0) is 22.1. The van der Waals surface area contributed by atoms with E-state index in [1.807, 2.05) is 0 Å². The molecule has 0 atom stereocenters. The molecule has 3 aromatic rings. The Hall–Kier alpha value is -3.56. The maximum atomic E-state index is 13.4. The van der Waals surface area contributed by atoms with Crippen LogP contribution in [0.4, 0.5) is 22.4 Å². The Morgan fingerprint density at radius 3 is 2.63 bits per heavy atom. The summed E-state index contributed by atoms with van der Waals surface area (Å²) in [7, 11) is 1.23. The number of aryl methyl sites for hydroxylation is 1. The van der Waals surface area contributed by atoms with Gasteiger partial charge < -0.3 is 19.9 Å². The summed E-state index contributed by atoms with van der Waals surface area (Å²) >= 11 is 0. The van der Waals surface area contributed by atoms with Crippen LogP contribution in [0.15, 0.2) is 36.4 Å². The number of ether oxygens (including phenoxy) is 2. The van der Waals surface area contributed by atoms with Crippen LogP contribution in [0.2, 0.25) is 0 Å². The van der Waals surface area contributed by atoms with Crippen molar-refractivity contribution < 1.29 is 36.9 Å². The second-order valence-corrected chi connectivity index (χ2v) is 6.30. The van der Waals surface area contributed by atoms with Crippen molar-refractivity contribution >= 4 is 17.0 Å². The van der Waals surface area contributed by atoms with Gasteiger partial charge in [-0.2, -0.15) is 13.2 Å². The van der Waals surface area contributed by atoms with Gasteiger partial charge in [-0.1, -0.05) is 18.2 Å². The lowest BCUT2D eigenvalue weighted by molar-refractivity contribution is -0.137. The van der Waals surface area contributed by atoms with E-state index in [0.29, 0.717) is 10.9 Å². The highest BCUT2D eigenvalue weighted by atomic mass is 19.4. The fourth-order valence-electron chi connectivity index (χ4n) is 2.82. The molecular formula is C20H16F4N2O4. The van der Waals surface area contributed by atoms with Gasteiger partial charge in [0.05, 0.1) is 18.2 Å². The van der Waals surface area contributed by atoms with Gasteiger partial charge in [0.15, 0.2) is 17.3 Å². The van der Waals surface area contributed by atoms with Gasteiger partial charge in [-0.05, 0) is 25.1 Å². The molecule has 0 aliphatic rings. The Morgan fingerprint density at radius 1 is 1.23 bits per heavy atom. The molecule has 0 aliphatic carbocycles. The first-order valence-corrected chi connectivity index (χ1v) is 8.59. The Labute approximate surface area is 168 Å². The Bertz CT molecular complexity index is 1120. The van der Waals surface area contributed by atoms with Crippen molar-refractivity contribution in [1.82, 2.24) is 10.3 Å². The van der Waals surface area contributed by atoms with Crippen LogP contribution in [0.3, 0.4) is 0 Å². The summed E-state index contributed by atoms with van der Waals surface area (Å²) in [6.07, 6.45) is -5.48.